The Morgan fingerprint density at radius 3 is 1.44 bits per heavy atom. The summed E-state index contributed by atoms with van der Waals surface area (Å²) < 4.78 is 0. The zero-order chi connectivity index (χ0) is 19.1. The fourth-order valence-corrected chi connectivity index (χ4v) is 4.06. The number of allylic oxidation sites excluding steroid dienone is 4. The Bertz CT molecular complexity index is 722. The van der Waals surface area contributed by atoms with Gasteiger partial charge in [-0.3, -0.25) is 0 Å². The van der Waals surface area contributed by atoms with E-state index in [0.717, 1.165) is 25.7 Å². The summed E-state index contributed by atoms with van der Waals surface area (Å²) >= 11 is 0. The van der Waals surface area contributed by atoms with Gasteiger partial charge in [-0.15, -0.1) is 0 Å². The van der Waals surface area contributed by atoms with E-state index in [2.05, 4.69) is 81.5 Å². The molecule has 0 unspecified atom stereocenters. The Morgan fingerprint density at radius 2 is 1.07 bits per heavy atom. The first-order valence-electron chi connectivity index (χ1n) is 10.8. The largest absolute Gasteiger partial charge is 0.0702 e. The predicted octanol–water partition coefficient (Wildman–Crippen LogP) is 7.27. The SMILES string of the molecule is CCC1=CC=C(C(Cc2ccc(CC)cc2)Cc2ccc(CC)cc2)CC1. The van der Waals surface area contributed by atoms with Crippen molar-refractivity contribution in [3.63, 3.8) is 0 Å². The molecule has 2 aromatic carbocycles. The van der Waals surface area contributed by atoms with Gasteiger partial charge in [-0.2, -0.15) is 0 Å². The molecule has 2 aromatic rings. The molecule has 0 radical (unpaired) electrons. The number of rotatable bonds is 8. The van der Waals surface area contributed by atoms with Crippen molar-refractivity contribution < 1.29 is 0 Å². The lowest BCUT2D eigenvalue weighted by atomic mass is 9.81. The van der Waals surface area contributed by atoms with Crippen LogP contribution in [0.1, 0.15) is 62.3 Å². The van der Waals surface area contributed by atoms with Crippen molar-refractivity contribution in [1.82, 2.24) is 0 Å². The lowest BCUT2D eigenvalue weighted by molar-refractivity contribution is 0.573. The predicted molar refractivity (Wildman–Crippen MR) is 118 cm³/mol. The van der Waals surface area contributed by atoms with Crippen LogP contribution in [0.3, 0.4) is 0 Å². The van der Waals surface area contributed by atoms with E-state index in [0.29, 0.717) is 5.92 Å². The molecule has 142 valence electrons. The molecular formula is C27H34. The average molecular weight is 359 g/mol. The van der Waals surface area contributed by atoms with E-state index in [1.54, 1.807) is 11.1 Å². The van der Waals surface area contributed by atoms with Gasteiger partial charge in [-0.1, -0.05) is 92.6 Å². The summed E-state index contributed by atoms with van der Waals surface area (Å²) in [5.41, 5.74) is 9.02. The van der Waals surface area contributed by atoms with Gasteiger partial charge in [0.15, 0.2) is 0 Å². The highest BCUT2D eigenvalue weighted by Gasteiger charge is 2.18. The molecule has 0 spiro atoms. The van der Waals surface area contributed by atoms with E-state index in [4.69, 9.17) is 0 Å². The average Bonchev–Trinajstić information content (AvgIpc) is 2.74. The van der Waals surface area contributed by atoms with Gasteiger partial charge in [0.25, 0.3) is 0 Å². The third kappa shape index (κ3) is 5.45. The minimum absolute atomic E-state index is 0.597. The van der Waals surface area contributed by atoms with E-state index in [-0.39, 0.29) is 0 Å². The molecule has 0 heteroatoms. The third-order valence-electron chi connectivity index (χ3n) is 6.07. The fraction of sp³-hybridized carbons (Fsp3) is 0.407. The molecule has 27 heavy (non-hydrogen) atoms. The van der Waals surface area contributed by atoms with Gasteiger partial charge in [0.2, 0.25) is 0 Å². The van der Waals surface area contributed by atoms with Gasteiger partial charge in [0.1, 0.15) is 0 Å². The van der Waals surface area contributed by atoms with Crippen molar-refractivity contribution in [2.24, 2.45) is 5.92 Å². The van der Waals surface area contributed by atoms with Crippen LogP contribution in [0, 0.1) is 5.92 Å². The van der Waals surface area contributed by atoms with Crippen LogP contribution in [-0.4, -0.2) is 0 Å². The summed E-state index contributed by atoms with van der Waals surface area (Å²) in [5, 5.41) is 0. The minimum Gasteiger partial charge on any atom is -0.0702 e. The highest BCUT2D eigenvalue weighted by atomic mass is 14.2. The van der Waals surface area contributed by atoms with Crippen molar-refractivity contribution >= 4 is 0 Å². The van der Waals surface area contributed by atoms with E-state index < -0.39 is 0 Å². The van der Waals surface area contributed by atoms with E-state index in [9.17, 15) is 0 Å². The molecule has 0 fully saturated rings. The number of hydrogen-bond donors (Lipinski definition) is 0. The Kier molecular flexibility index (Phi) is 7.10. The molecule has 0 bridgehead atoms. The standard InChI is InChI=1S/C27H34/c1-4-21-7-11-24(12-8-21)19-27(26-17-15-23(6-3)16-18-26)20-25-13-9-22(5-2)10-14-25/h7-15,17,27H,4-6,16,18-20H2,1-3H3. The smallest absolute Gasteiger partial charge is 0.0119 e. The molecule has 1 aliphatic rings. The lowest BCUT2D eigenvalue weighted by Crippen LogP contribution is -2.13. The van der Waals surface area contributed by atoms with Crippen LogP contribution in [-0.2, 0) is 25.7 Å². The summed E-state index contributed by atoms with van der Waals surface area (Å²) in [7, 11) is 0. The highest BCUT2D eigenvalue weighted by molar-refractivity contribution is 5.31. The van der Waals surface area contributed by atoms with Gasteiger partial charge in [-0.25, -0.2) is 0 Å². The topological polar surface area (TPSA) is 0 Å². The van der Waals surface area contributed by atoms with Crippen LogP contribution < -0.4 is 0 Å². The van der Waals surface area contributed by atoms with E-state index in [1.165, 1.54) is 41.5 Å². The Hall–Kier alpha value is -2.08. The number of hydrogen-bond acceptors (Lipinski definition) is 0. The first kappa shape index (κ1) is 19.7. The molecule has 0 amide bonds. The van der Waals surface area contributed by atoms with Crippen molar-refractivity contribution in [3.8, 4) is 0 Å². The van der Waals surface area contributed by atoms with Crippen LogP contribution >= 0.6 is 0 Å². The quantitative estimate of drug-likeness (QED) is 0.465. The van der Waals surface area contributed by atoms with Crippen LogP contribution in [0.2, 0.25) is 0 Å². The molecule has 0 N–H and O–H groups in total. The van der Waals surface area contributed by atoms with Gasteiger partial charge < -0.3 is 0 Å². The zero-order valence-corrected chi connectivity index (χ0v) is 17.3. The summed E-state index contributed by atoms with van der Waals surface area (Å²) in [4.78, 5) is 0. The van der Waals surface area contributed by atoms with Crippen LogP contribution in [0.15, 0.2) is 71.8 Å². The maximum atomic E-state index is 2.42. The second-order valence-electron chi connectivity index (χ2n) is 7.87. The van der Waals surface area contributed by atoms with Crippen molar-refractivity contribution in [2.45, 2.75) is 65.7 Å². The second kappa shape index (κ2) is 9.74. The molecular weight excluding hydrogens is 324 g/mol. The lowest BCUT2D eigenvalue weighted by Gasteiger charge is -2.24. The van der Waals surface area contributed by atoms with Gasteiger partial charge in [-0.05, 0) is 73.1 Å². The normalized spacial score (nSPS) is 14.2. The van der Waals surface area contributed by atoms with Crippen molar-refractivity contribution in [1.29, 1.82) is 0 Å². The van der Waals surface area contributed by atoms with Gasteiger partial charge >= 0.3 is 0 Å². The molecule has 0 nitrogen and oxygen atoms in total. The zero-order valence-electron chi connectivity index (χ0n) is 17.3. The molecule has 0 aliphatic heterocycles. The van der Waals surface area contributed by atoms with E-state index in [1.807, 2.05) is 0 Å². The summed E-state index contributed by atoms with van der Waals surface area (Å²) in [6, 6.07) is 18.5. The molecule has 3 rings (SSSR count). The molecule has 1 aliphatic carbocycles. The second-order valence-corrected chi connectivity index (χ2v) is 7.87. The van der Waals surface area contributed by atoms with Crippen molar-refractivity contribution in [3.05, 3.63) is 94.1 Å². The summed E-state index contributed by atoms with van der Waals surface area (Å²) in [6.45, 7) is 6.72. The monoisotopic (exact) mass is 358 g/mol. The molecule has 0 atom stereocenters. The fourth-order valence-electron chi connectivity index (χ4n) is 4.06. The Balaban J connectivity index is 1.81. The van der Waals surface area contributed by atoms with Gasteiger partial charge in [0, 0.05) is 0 Å². The first-order chi connectivity index (χ1) is 13.2. The van der Waals surface area contributed by atoms with Crippen LogP contribution in [0.25, 0.3) is 0 Å². The molecule has 0 saturated carbocycles. The summed E-state index contributed by atoms with van der Waals surface area (Å²) in [5.74, 6) is 0.597. The summed E-state index contributed by atoms with van der Waals surface area (Å²) in [6.07, 6.45) is 13.0. The molecule has 0 heterocycles. The number of benzene rings is 2. The first-order valence-corrected chi connectivity index (χ1v) is 10.8. The molecule has 0 saturated heterocycles. The van der Waals surface area contributed by atoms with Crippen LogP contribution in [0.5, 0.6) is 0 Å². The number of aryl methyl sites for hydroxylation is 2. The Labute approximate surface area is 166 Å². The maximum Gasteiger partial charge on any atom is -0.0119 e. The van der Waals surface area contributed by atoms with Gasteiger partial charge in [0.05, 0.1) is 0 Å². The highest BCUT2D eigenvalue weighted by Crippen LogP contribution is 2.30. The minimum atomic E-state index is 0.597. The maximum absolute atomic E-state index is 2.42. The molecule has 0 aromatic heterocycles. The van der Waals surface area contributed by atoms with Crippen molar-refractivity contribution in [2.75, 3.05) is 0 Å². The third-order valence-corrected chi connectivity index (χ3v) is 6.07. The Morgan fingerprint density at radius 1 is 0.593 bits per heavy atom. The van der Waals surface area contributed by atoms with E-state index >= 15 is 0 Å². The van der Waals surface area contributed by atoms with Crippen LogP contribution in [0.4, 0.5) is 0 Å².